The van der Waals surface area contributed by atoms with Crippen LogP contribution < -0.4 is 0 Å². The van der Waals surface area contributed by atoms with Crippen LogP contribution in [0.2, 0.25) is 0 Å². The number of hydrogen-bond acceptors (Lipinski definition) is 5. The SMILES string of the molecule is COCCN(CC(=O)N(C)CCC#N)C(C)COC. The lowest BCUT2D eigenvalue weighted by Crippen LogP contribution is -2.45. The molecule has 1 atom stereocenters. The minimum absolute atomic E-state index is 0.00862. The summed E-state index contributed by atoms with van der Waals surface area (Å²) in [5.74, 6) is 0.00862. The van der Waals surface area contributed by atoms with E-state index in [0.717, 1.165) is 0 Å². The second kappa shape index (κ2) is 10.7. The highest BCUT2D eigenvalue weighted by Gasteiger charge is 2.19. The van der Waals surface area contributed by atoms with Crippen molar-refractivity contribution < 1.29 is 14.3 Å². The van der Waals surface area contributed by atoms with Crippen LogP contribution in [0.3, 0.4) is 0 Å². The zero-order chi connectivity index (χ0) is 14.7. The first kappa shape index (κ1) is 17.8. The lowest BCUT2D eigenvalue weighted by Gasteiger charge is -2.29. The Hall–Kier alpha value is -1.16. The van der Waals surface area contributed by atoms with Crippen LogP contribution in [-0.2, 0) is 14.3 Å². The van der Waals surface area contributed by atoms with E-state index in [1.165, 1.54) is 0 Å². The fourth-order valence-corrected chi connectivity index (χ4v) is 1.65. The van der Waals surface area contributed by atoms with Crippen molar-refractivity contribution in [2.75, 3.05) is 54.1 Å². The highest BCUT2D eigenvalue weighted by Crippen LogP contribution is 2.01. The van der Waals surface area contributed by atoms with Crippen molar-refractivity contribution in [2.24, 2.45) is 0 Å². The molecule has 1 amide bonds. The molecule has 0 aromatic heterocycles. The van der Waals surface area contributed by atoms with Crippen molar-refractivity contribution in [3.8, 4) is 6.07 Å². The van der Waals surface area contributed by atoms with Gasteiger partial charge in [-0.15, -0.1) is 0 Å². The van der Waals surface area contributed by atoms with Crippen LogP contribution in [0.1, 0.15) is 13.3 Å². The number of carbonyl (C=O) groups is 1. The summed E-state index contributed by atoms with van der Waals surface area (Å²) in [6, 6.07) is 2.18. The summed E-state index contributed by atoms with van der Waals surface area (Å²) >= 11 is 0. The van der Waals surface area contributed by atoms with Crippen molar-refractivity contribution in [1.29, 1.82) is 5.26 Å². The number of methoxy groups -OCH3 is 2. The maximum absolute atomic E-state index is 12.0. The third-order valence-corrected chi connectivity index (χ3v) is 2.94. The smallest absolute Gasteiger partial charge is 0.236 e. The fraction of sp³-hybridized carbons (Fsp3) is 0.846. The maximum Gasteiger partial charge on any atom is 0.236 e. The molecular formula is C13H25N3O3. The second-order valence-electron chi connectivity index (χ2n) is 4.49. The predicted molar refractivity (Wildman–Crippen MR) is 72.7 cm³/mol. The van der Waals surface area contributed by atoms with Gasteiger partial charge in [0.2, 0.25) is 5.91 Å². The minimum atomic E-state index is 0.00862. The van der Waals surface area contributed by atoms with Crippen LogP contribution in [0, 0.1) is 11.3 Å². The van der Waals surface area contributed by atoms with E-state index in [1.54, 1.807) is 26.2 Å². The molecule has 110 valence electrons. The molecule has 0 bridgehead atoms. The highest BCUT2D eigenvalue weighted by molar-refractivity contribution is 5.78. The Morgan fingerprint density at radius 3 is 2.53 bits per heavy atom. The number of ether oxygens (including phenoxy) is 2. The first-order chi connectivity index (χ1) is 9.06. The van der Waals surface area contributed by atoms with E-state index in [1.807, 2.05) is 17.9 Å². The second-order valence-corrected chi connectivity index (χ2v) is 4.49. The van der Waals surface area contributed by atoms with Gasteiger partial charge in [0.25, 0.3) is 0 Å². The Bertz CT molecular complexity index is 291. The summed E-state index contributed by atoms with van der Waals surface area (Å²) in [6.07, 6.45) is 0.355. The standard InChI is InChI=1S/C13H25N3O3/c1-12(11-19-4)16(8-9-18-3)10-13(17)15(2)7-5-6-14/h12H,5,7-11H2,1-4H3. The largest absolute Gasteiger partial charge is 0.383 e. The van der Waals surface area contributed by atoms with Crippen LogP contribution in [0.4, 0.5) is 0 Å². The number of amides is 1. The lowest BCUT2D eigenvalue weighted by atomic mass is 10.2. The molecule has 0 aromatic carbocycles. The van der Waals surface area contributed by atoms with Gasteiger partial charge in [-0.1, -0.05) is 0 Å². The first-order valence-corrected chi connectivity index (χ1v) is 6.39. The van der Waals surface area contributed by atoms with Crippen molar-refractivity contribution in [1.82, 2.24) is 9.80 Å². The highest BCUT2D eigenvalue weighted by atomic mass is 16.5. The lowest BCUT2D eigenvalue weighted by molar-refractivity contribution is -0.132. The third-order valence-electron chi connectivity index (χ3n) is 2.94. The van der Waals surface area contributed by atoms with Crippen LogP contribution in [0.5, 0.6) is 0 Å². The Kier molecular flexibility index (Phi) is 10.1. The van der Waals surface area contributed by atoms with E-state index in [9.17, 15) is 4.79 Å². The predicted octanol–water partition coefficient (Wildman–Crippen LogP) is 0.342. The molecule has 0 N–H and O–H groups in total. The summed E-state index contributed by atoms with van der Waals surface area (Å²) in [6.45, 7) is 4.62. The number of nitrogens with zero attached hydrogens (tertiary/aromatic N) is 3. The zero-order valence-corrected chi connectivity index (χ0v) is 12.4. The molecule has 0 saturated carbocycles. The molecule has 6 heteroatoms. The molecule has 0 aliphatic heterocycles. The summed E-state index contributed by atoms with van der Waals surface area (Å²) in [7, 11) is 5.00. The Balaban J connectivity index is 4.36. The van der Waals surface area contributed by atoms with Crippen molar-refractivity contribution in [3.63, 3.8) is 0 Å². The first-order valence-electron chi connectivity index (χ1n) is 6.39. The molecular weight excluding hydrogens is 246 g/mol. The number of hydrogen-bond donors (Lipinski definition) is 0. The Morgan fingerprint density at radius 2 is 2.00 bits per heavy atom. The Labute approximate surface area is 115 Å². The van der Waals surface area contributed by atoms with Gasteiger partial charge < -0.3 is 14.4 Å². The van der Waals surface area contributed by atoms with Crippen LogP contribution in [0.25, 0.3) is 0 Å². The van der Waals surface area contributed by atoms with Gasteiger partial charge in [-0.3, -0.25) is 9.69 Å². The van der Waals surface area contributed by atoms with E-state index in [2.05, 4.69) is 0 Å². The quantitative estimate of drug-likeness (QED) is 0.573. The zero-order valence-electron chi connectivity index (χ0n) is 12.4. The van der Waals surface area contributed by atoms with Crippen LogP contribution in [-0.4, -0.2) is 75.9 Å². The number of likely N-dealkylation sites (N-methyl/N-ethyl adjacent to an activating group) is 1. The summed E-state index contributed by atoms with van der Waals surface area (Å²) < 4.78 is 10.2. The van der Waals surface area contributed by atoms with Gasteiger partial charge in [-0.25, -0.2) is 0 Å². The number of rotatable bonds is 10. The summed E-state index contributed by atoms with van der Waals surface area (Å²) in [5, 5.41) is 8.52. The fourth-order valence-electron chi connectivity index (χ4n) is 1.65. The van der Waals surface area contributed by atoms with Crippen LogP contribution in [0.15, 0.2) is 0 Å². The van der Waals surface area contributed by atoms with Gasteiger partial charge in [0.05, 0.1) is 32.2 Å². The monoisotopic (exact) mass is 271 g/mol. The van der Waals surface area contributed by atoms with Crippen molar-refractivity contribution >= 4 is 5.91 Å². The molecule has 0 aliphatic rings. The molecule has 0 saturated heterocycles. The minimum Gasteiger partial charge on any atom is -0.383 e. The normalized spacial score (nSPS) is 12.2. The average molecular weight is 271 g/mol. The molecule has 19 heavy (non-hydrogen) atoms. The van der Waals surface area contributed by atoms with E-state index < -0.39 is 0 Å². The van der Waals surface area contributed by atoms with E-state index >= 15 is 0 Å². The van der Waals surface area contributed by atoms with Crippen molar-refractivity contribution in [2.45, 2.75) is 19.4 Å². The van der Waals surface area contributed by atoms with Gasteiger partial charge in [0, 0.05) is 40.4 Å². The Morgan fingerprint density at radius 1 is 1.32 bits per heavy atom. The maximum atomic E-state index is 12.0. The molecule has 0 aromatic rings. The van der Waals surface area contributed by atoms with Gasteiger partial charge in [-0.2, -0.15) is 5.26 Å². The van der Waals surface area contributed by atoms with Crippen molar-refractivity contribution in [3.05, 3.63) is 0 Å². The molecule has 0 rings (SSSR count). The molecule has 0 fully saturated rings. The van der Waals surface area contributed by atoms with Gasteiger partial charge in [-0.05, 0) is 6.92 Å². The van der Waals surface area contributed by atoms with E-state index in [4.69, 9.17) is 14.7 Å². The third kappa shape index (κ3) is 7.78. The van der Waals surface area contributed by atoms with Gasteiger partial charge in [0.1, 0.15) is 0 Å². The molecule has 0 aliphatic carbocycles. The van der Waals surface area contributed by atoms with E-state index in [-0.39, 0.29) is 11.9 Å². The molecule has 0 spiro atoms. The van der Waals surface area contributed by atoms with Gasteiger partial charge in [0.15, 0.2) is 0 Å². The molecule has 1 unspecified atom stereocenters. The summed E-state index contributed by atoms with van der Waals surface area (Å²) in [4.78, 5) is 15.6. The van der Waals surface area contributed by atoms with Gasteiger partial charge >= 0.3 is 0 Å². The summed E-state index contributed by atoms with van der Waals surface area (Å²) in [5.41, 5.74) is 0. The molecule has 6 nitrogen and oxygen atoms in total. The number of carbonyl (C=O) groups excluding carboxylic acids is 1. The topological polar surface area (TPSA) is 65.8 Å². The molecule has 0 radical (unpaired) electrons. The molecule has 0 heterocycles. The number of nitriles is 1. The van der Waals surface area contributed by atoms with Crippen LogP contribution >= 0.6 is 0 Å². The average Bonchev–Trinajstić information content (AvgIpc) is 2.40. The van der Waals surface area contributed by atoms with E-state index in [0.29, 0.717) is 39.3 Å².